The highest BCUT2D eigenvalue weighted by Gasteiger charge is 2.21. The standard InChI is InChI=1S/C20H24N2O2/c23-20(24)18-8-1-7-17(13-18)19-9-4-12-22(15-19)11-3-6-16-5-2-10-21-14-16/h1-2,5,7-8,10,13-14,19H,3-4,6,9,11-12,15H2,(H,23,24)/t19-/m1/s1. The highest BCUT2D eigenvalue weighted by molar-refractivity contribution is 5.87. The molecule has 4 nitrogen and oxygen atoms in total. The minimum absolute atomic E-state index is 0.390. The lowest BCUT2D eigenvalue weighted by Gasteiger charge is -2.33. The Hall–Kier alpha value is -2.20. The van der Waals surface area contributed by atoms with E-state index >= 15 is 0 Å². The summed E-state index contributed by atoms with van der Waals surface area (Å²) < 4.78 is 0. The summed E-state index contributed by atoms with van der Waals surface area (Å²) in [6, 6.07) is 11.5. The monoisotopic (exact) mass is 324 g/mol. The predicted octanol–water partition coefficient (Wildman–Crippen LogP) is 3.59. The number of carboxylic acids is 1. The Morgan fingerprint density at radius 2 is 2.21 bits per heavy atom. The van der Waals surface area contributed by atoms with Gasteiger partial charge in [-0.15, -0.1) is 0 Å². The molecule has 0 bridgehead atoms. The number of hydrogen-bond acceptors (Lipinski definition) is 3. The second-order valence-corrected chi connectivity index (χ2v) is 6.54. The Morgan fingerprint density at radius 3 is 3.00 bits per heavy atom. The van der Waals surface area contributed by atoms with E-state index in [1.807, 2.05) is 30.6 Å². The number of carbonyl (C=O) groups is 1. The average Bonchev–Trinajstić information content (AvgIpc) is 2.63. The van der Waals surface area contributed by atoms with Crippen LogP contribution in [-0.4, -0.2) is 40.6 Å². The van der Waals surface area contributed by atoms with Gasteiger partial charge in [-0.2, -0.15) is 0 Å². The molecule has 1 aromatic carbocycles. The van der Waals surface area contributed by atoms with E-state index in [1.54, 1.807) is 6.07 Å². The third kappa shape index (κ3) is 4.42. The second kappa shape index (κ2) is 8.06. The van der Waals surface area contributed by atoms with Gasteiger partial charge in [-0.05, 0) is 74.0 Å². The number of aromatic nitrogens is 1. The first-order valence-electron chi connectivity index (χ1n) is 8.67. The Kier molecular flexibility index (Phi) is 5.59. The number of likely N-dealkylation sites (tertiary alicyclic amines) is 1. The van der Waals surface area contributed by atoms with Crippen LogP contribution in [0.4, 0.5) is 0 Å². The first kappa shape index (κ1) is 16.7. The summed E-state index contributed by atoms with van der Waals surface area (Å²) in [5, 5.41) is 9.17. The average molecular weight is 324 g/mol. The van der Waals surface area contributed by atoms with E-state index in [0.29, 0.717) is 11.5 Å². The summed E-state index contributed by atoms with van der Waals surface area (Å²) in [5.74, 6) is -0.405. The minimum Gasteiger partial charge on any atom is -0.478 e. The minimum atomic E-state index is -0.846. The molecule has 0 aliphatic carbocycles. The van der Waals surface area contributed by atoms with Gasteiger partial charge < -0.3 is 10.0 Å². The van der Waals surface area contributed by atoms with Crippen LogP contribution in [0.25, 0.3) is 0 Å². The molecule has 126 valence electrons. The molecule has 2 aromatic rings. The van der Waals surface area contributed by atoms with Crippen LogP contribution in [0.15, 0.2) is 48.8 Å². The number of benzene rings is 1. The zero-order valence-electron chi connectivity index (χ0n) is 13.9. The summed E-state index contributed by atoms with van der Waals surface area (Å²) in [6.45, 7) is 3.25. The molecule has 0 unspecified atom stereocenters. The molecule has 1 atom stereocenters. The van der Waals surface area contributed by atoms with Crippen molar-refractivity contribution in [1.82, 2.24) is 9.88 Å². The van der Waals surface area contributed by atoms with E-state index in [9.17, 15) is 4.79 Å². The Bertz CT molecular complexity index is 672. The lowest BCUT2D eigenvalue weighted by atomic mass is 9.89. The Balaban J connectivity index is 1.54. The molecule has 1 saturated heterocycles. The van der Waals surface area contributed by atoms with Crippen molar-refractivity contribution in [3.8, 4) is 0 Å². The van der Waals surface area contributed by atoms with Gasteiger partial charge in [-0.1, -0.05) is 18.2 Å². The molecule has 0 amide bonds. The molecule has 1 aliphatic heterocycles. The zero-order chi connectivity index (χ0) is 16.8. The largest absolute Gasteiger partial charge is 0.478 e. The molecule has 0 radical (unpaired) electrons. The summed E-state index contributed by atoms with van der Waals surface area (Å²) in [6.07, 6.45) is 8.26. The van der Waals surface area contributed by atoms with Gasteiger partial charge in [-0.3, -0.25) is 4.98 Å². The third-order valence-corrected chi connectivity index (χ3v) is 4.77. The van der Waals surface area contributed by atoms with Crippen molar-refractivity contribution in [1.29, 1.82) is 0 Å². The fourth-order valence-corrected chi connectivity index (χ4v) is 3.51. The van der Waals surface area contributed by atoms with Crippen LogP contribution in [0, 0.1) is 0 Å². The van der Waals surface area contributed by atoms with Crippen molar-refractivity contribution < 1.29 is 9.90 Å². The van der Waals surface area contributed by atoms with Crippen LogP contribution in [0.5, 0.6) is 0 Å². The highest BCUT2D eigenvalue weighted by atomic mass is 16.4. The Labute approximate surface area is 143 Å². The third-order valence-electron chi connectivity index (χ3n) is 4.77. The fraction of sp³-hybridized carbons (Fsp3) is 0.400. The first-order chi connectivity index (χ1) is 11.7. The molecular weight excluding hydrogens is 300 g/mol. The van der Waals surface area contributed by atoms with Gasteiger partial charge in [0.05, 0.1) is 5.56 Å². The van der Waals surface area contributed by atoms with Gasteiger partial charge in [0.1, 0.15) is 0 Å². The van der Waals surface area contributed by atoms with Gasteiger partial charge >= 0.3 is 5.97 Å². The van der Waals surface area contributed by atoms with Gasteiger partial charge in [-0.25, -0.2) is 4.79 Å². The van der Waals surface area contributed by atoms with E-state index in [0.717, 1.165) is 44.5 Å². The van der Waals surface area contributed by atoms with Crippen LogP contribution < -0.4 is 0 Å². The lowest BCUT2D eigenvalue weighted by Crippen LogP contribution is -2.35. The topological polar surface area (TPSA) is 53.4 Å². The second-order valence-electron chi connectivity index (χ2n) is 6.54. The number of aryl methyl sites for hydroxylation is 1. The molecule has 0 spiro atoms. The van der Waals surface area contributed by atoms with E-state index in [-0.39, 0.29) is 0 Å². The van der Waals surface area contributed by atoms with Gasteiger partial charge in [0.25, 0.3) is 0 Å². The van der Waals surface area contributed by atoms with Crippen LogP contribution >= 0.6 is 0 Å². The fourth-order valence-electron chi connectivity index (χ4n) is 3.51. The maximum absolute atomic E-state index is 11.2. The molecule has 1 aliphatic rings. The number of nitrogens with zero attached hydrogens (tertiary/aromatic N) is 2. The summed E-state index contributed by atoms with van der Waals surface area (Å²) in [5.41, 5.74) is 2.84. The van der Waals surface area contributed by atoms with Crippen molar-refractivity contribution in [2.24, 2.45) is 0 Å². The maximum Gasteiger partial charge on any atom is 0.335 e. The van der Waals surface area contributed by atoms with Crippen LogP contribution in [0.2, 0.25) is 0 Å². The van der Waals surface area contributed by atoms with Gasteiger partial charge in [0, 0.05) is 18.9 Å². The number of aromatic carboxylic acids is 1. The molecule has 2 heterocycles. The van der Waals surface area contributed by atoms with Crippen molar-refractivity contribution in [3.05, 3.63) is 65.5 Å². The van der Waals surface area contributed by atoms with Crippen LogP contribution in [0.1, 0.15) is 46.7 Å². The van der Waals surface area contributed by atoms with Crippen molar-refractivity contribution >= 4 is 5.97 Å². The normalized spacial score (nSPS) is 18.4. The predicted molar refractivity (Wildman–Crippen MR) is 94.4 cm³/mol. The summed E-state index contributed by atoms with van der Waals surface area (Å²) in [7, 11) is 0. The zero-order valence-corrected chi connectivity index (χ0v) is 13.9. The van der Waals surface area contributed by atoms with Crippen molar-refractivity contribution in [2.75, 3.05) is 19.6 Å². The lowest BCUT2D eigenvalue weighted by molar-refractivity contribution is 0.0696. The van der Waals surface area contributed by atoms with E-state index in [2.05, 4.69) is 22.0 Å². The number of hydrogen-bond donors (Lipinski definition) is 1. The van der Waals surface area contributed by atoms with Gasteiger partial charge in [0.2, 0.25) is 0 Å². The number of piperidine rings is 1. The summed E-state index contributed by atoms with van der Waals surface area (Å²) in [4.78, 5) is 17.8. The molecule has 24 heavy (non-hydrogen) atoms. The molecule has 1 N–H and O–H groups in total. The smallest absolute Gasteiger partial charge is 0.335 e. The highest BCUT2D eigenvalue weighted by Crippen LogP contribution is 2.27. The molecule has 3 rings (SSSR count). The number of pyridine rings is 1. The SMILES string of the molecule is O=C(O)c1cccc([C@@H]2CCCN(CCCc3cccnc3)C2)c1. The van der Waals surface area contributed by atoms with Crippen LogP contribution in [-0.2, 0) is 6.42 Å². The number of rotatable bonds is 6. The van der Waals surface area contributed by atoms with E-state index in [4.69, 9.17) is 5.11 Å². The van der Waals surface area contributed by atoms with Crippen LogP contribution in [0.3, 0.4) is 0 Å². The molecular formula is C20H24N2O2. The van der Waals surface area contributed by atoms with Crippen molar-refractivity contribution in [3.63, 3.8) is 0 Å². The Morgan fingerprint density at radius 1 is 1.29 bits per heavy atom. The van der Waals surface area contributed by atoms with Crippen molar-refractivity contribution in [2.45, 2.75) is 31.6 Å². The first-order valence-corrected chi connectivity index (χ1v) is 8.67. The van der Waals surface area contributed by atoms with E-state index in [1.165, 1.54) is 12.0 Å². The molecule has 0 saturated carbocycles. The molecule has 1 aromatic heterocycles. The quantitative estimate of drug-likeness (QED) is 0.882. The number of carboxylic acid groups (broad SMARTS) is 1. The molecule has 1 fully saturated rings. The molecule has 4 heteroatoms. The van der Waals surface area contributed by atoms with Gasteiger partial charge in [0.15, 0.2) is 0 Å². The maximum atomic E-state index is 11.2. The summed E-state index contributed by atoms with van der Waals surface area (Å²) >= 11 is 0. The van der Waals surface area contributed by atoms with E-state index < -0.39 is 5.97 Å².